The first-order valence-electron chi connectivity index (χ1n) is 10.0. The minimum atomic E-state index is -0.00845. The number of carbonyl (C=O) groups is 1. The quantitative estimate of drug-likeness (QED) is 0.781. The molecule has 1 saturated heterocycles. The molecular weight excluding hydrogens is 409 g/mol. The van der Waals surface area contributed by atoms with Crippen LogP contribution in [-0.4, -0.2) is 56.7 Å². The maximum Gasteiger partial charge on any atom is 0.251 e. The van der Waals surface area contributed by atoms with Crippen LogP contribution in [0.15, 0.2) is 36.4 Å². The van der Waals surface area contributed by atoms with Gasteiger partial charge < -0.3 is 15.0 Å². The predicted octanol–water partition coefficient (Wildman–Crippen LogP) is 3.62. The zero-order chi connectivity index (χ0) is 20.2. The van der Waals surface area contributed by atoms with E-state index in [9.17, 15) is 4.79 Å². The molecule has 2 aromatic carbocycles. The second kappa shape index (κ2) is 9.35. The average Bonchev–Trinajstić information content (AvgIpc) is 2.74. The summed E-state index contributed by atoms with van der Waals surface area (Å²) in [5, 5.41) is 4.39. The van der Waals surface area contributed by atoms with E-state index < -0.39 is 0 Å². The van der Waals surface area contributed by atoms with E-state index in [1.165, 1.54) is 11.1 Å². The summed E-state index contributed by atoms with van der Waals surface area (Å²) < 4.78 is 5.45. The molecule has 154 valence electrons. The Kier molecular flexibility index (Phi) is 6.60. The Morgan fingerprint density at radius 1 is 1.03 bits per heavy atom. The van der Waals surface area contributed by atoms with Gasteiger partial charge in [-0.1, -0.05) is 29.3 Å². The number of nitrogens with one attached hydrogen (secondary N) is 1. The normalized spacial score (nSPS) is 17.1. The number of carbonyl (C=O) groups excluding carboxylic acids is 1. The Balaban J connectivity index is 1.23. The third kappa shape index (κ3) is 5.04. The summed E-state index contributed by atoms with van der Waals surface area (Å²) in [4.78, 5) is 17.1. The number of halogens is 2. The number of fused-ring (bicyclic) bond motifs is 1. The van der Waals surface area contributed by atoms with E-state index in [0.29, 0.717) is 23.2 Å². The SMILES string of the molecule is O=C(NCCN1CCN(c2ccc(Cl)cc2Cl)CC1)c1ccc2c(c1)CCOC2. The highest BCUT2D eigenvalue weighted by Gasteiger charge is 2.19. The molecule has 7 heteroatoms. The lowest BCUT2D eigenvalue weighted by Gasteiger charge is -2.36. The number of piperazine rings is 1. The molecular formula is C22H25Cl2N3O2. The van der Waals surface area contributed by atoms with E-state index in [-0.39, 0.29) is 5.91 Å². The van der Waals surface area contributed by atoms with Gasteiger partial charge in [0.25, 0.3) is 5.91 Å². The number of hydrogen-bond acceptors (Lipinski definition) is 4. The Hall–Kier alpha value is -1.79. The fourth-order valence-corrected chi connectivity index (χ4v) is 4.41. The molecule has 2 aromatic rings. The smallest absolute Gasteiger partial charge is 0.251 e. The highest BCUT2D eigenvalue weighted by molar-refractivity contribution is 6.36. The van der Waals surface area contributed by atoms with Gasteiger partial charge in [0, 0.05) is 49.9 Å². The Bertz CT molecular complexity index is 882. The largest absolute Gasteiger partial charge is 0.376 e. The van der Waals surface area contributed by atoms with Crippen molar-refractivity contribution in [3.05, 3.63) is 63.1 Å². The van der Waals surface area contributed by atoms with Crippen LogP contribution in [0.25, 0.3) is 0 Å². The van der Waals surface area contributed by atoms with Crippen molar-refractivity contribution in [1.82, 2.24) is 10.2 Å². The van der Waals surface area contributed by atoms with Crippen LogP contribution >= 0.6 is 23.2 Å². The van der Waals surface area contributed by atoms with Gasteiger partial charge in [0.2, 0.25) is 0 Å². The molecule has 1 N–H and O–H groups in total. The van der Waals surface area contributed by atoms with Gasteiger partial charge in [0.1, 0.15) is 0 Å². The zero-order valence-corrected chi connectivity index (χ0v) is 17.8. The standard InChI is InChI=1S/C22H25Cl2N3O2/c23-19-3-4-21(20(24)14-19)27-10-8-26(9-11-27)7-6-25-22(28)17-1-2-18-15-29-12-5-16(18)13-17/h1-4,13-14H,5-12,15H2,(H,25,28). The topological polar surface area (TPSA) is 44.8 Å². The first-order chi connectivity index (χ1) is 14.1. The van der Waals surface area contributed by atoms with Gasteiger partial charge >= 0.3 is 0 Å². The molecule has 0 spiro atoms. The van der Waals surface area contributed by atoms with Crippen molar-refractivity contribution < 1.29 is 9.53 Å². The molecule has 0 bridgehead atoms. The number of benzene rings is 2. The van der Waals surface area contributed by atoms with Crippen molar-refractivity contribution in [2.45, 2.75) is 13.0 Å². The van der Waals surface area contributed by atoms with Crippen LogP contribution in [0, 0.1) is 0 Å². The molecule has 1 amide bonds. The van der Waals surface area contributed by atoms with Crippen LogP contribution in [0.1, 0.15) is 21.5 Å². The third-order valence-corrected chi connectivity index (χ3v) is 6.12. The number of hydrogen-bond donors (Lipinski definition) is 1. The summed E-state index contributed by atoms with van der Waals surface area (Å²) in [6.45, 7) is 6.54. The minimum Gasteiger partial charge on any atom is -0.376 e. The first-order valence-corrected chi connectivity index (χ1v) is 10.8. The Morgan fingerprint density at radius 2 is 1.86 bits per heavy atom. The zero-order valence-electron chi connectivity index (χ0n) is 16.3. The second-order valence-corrected chi connectivity index (χ2v) is 8.31. The predicted molar refractivity (Wildman–Crippen MR) is 117 cm³/mol. The second-order valence-electron chi connectivity index (χ2n) is 7.47. The van der Waals surface area contributed by atoms with Crippen molar-refractivity contribution in [3.8, 4) is 0 Å². The molecule has 2 aliphatic rings. The molecule has 0 unspecified atom stereocenters. The fourth-order valence-electron chi connectivity index (χ4n) is 3.88. The van der Waals surface area contributed by atoms with Gasteiger partial charge in [-0.2, -0.15) is 0 Å². The van der Waals surface area contributed by atoms with Crippen LogP contribution in [0.2, 0.25) is 10.0 Å². The molecule has 5 nitrogen and oxygen atoms in total. The summed E-state index contributed by atoms with van der Waals surface area (Å²) >= 11 is 12.3. The fraction of sp³-hybridized carbons (Fsp3) is 0.409. The maximum atomic E-state index is 12.5. The van der Waals surface area contributed by atoms with E-state index in [4.69, 9.17) is 27.9 Å². The van der Waals surface area contributed by atoms with Crippen molar-refractivity contribution in [3.63, 3.8) is 0 Å². The molecule has 2 aliphatic heterocycles. The van der Waals surface area contributed by atoms with Gasteiger partial charge in [-0.3, -0.25) is 9.69 Å². The van der Waals surface area contributed by atoms with Gasteiger partial charge in [-0.25, -0.2) is 0 Å². The summed E-state index contributed by atoms with van der Waals surface area (Å²) in [6.07, 6.45) is 0.873. The van der Waals surface area contributed by atoms with Gasteiger partial charge in [0.15, 0.2) is 0 Å². The lowest BCUT2D eigenvalue weighted by atomic mass is 10.00. The van der Waals surface area contributed by atoms with Crippen LogP contribution < -0.4 is 10.2 Å². The number of anilines is 1. The average molecular weight is 434 g/mol. The monoisotopic (exact) mass is 433 g/mol. The maximum absolute atomic E-state index is 12.5. The van der Waals surface area contributed by atoms with Crippen LogP contribution in [0.3, 0.4) is 0 Å². The molecule has 4 rings (SSSR count). The highest BCUT2D eigenvalue weighted by atomic mass is 35.5. The van der Waals surface area contributed by atoms with E-state index in [1.54, 1.807) is 6.07 Å². The van der Waals surface area contributed by atoms with E-state index >= 15 is 0 Å². The van der Waals surface area contributed by atoms with Gasteiger partial charge in [-0.15, -0.1) is 0 Å². The summed E-state index contributed by atoms with van der Waals surface area (Å²) in [7, 11) is 0. The molecule has 0 radical (unpaired) electrons. The molecule has 2 heterocycles. The van der Waals surface area contributed by atoms with Crippen molar-refractivity contribution in [2.24, 2.45) is 0 Å². The van der Waals surface area contributed by atoms with Crippen LogP contribution in [-0.2, 0) is 17.8 Å². The number of ether oxygens (including phenoxy) is 1. The Labute approximate surface area is 181 Å². The molecule has 1 fully saturated rings. The summed E-state index contributed by atoms with van der Waals surface area (Å²) in [5.41, 5.74) is 4.17. The molecule has 0 saturated carbocycles. The van der Waals surface area contributed by atoms with Crippen molar-refractivity contribution >= 4 is 34.8 Å². The lowest BCUT2D eigenvalue weighted by Crippen LogP contribution is -2.48. The molecule has 0 aromatic heterocycles. The Morgan fingerprint density at radius 3 is 2.66 bits per heavy atom. The molecule has 0 aliphatic carbocycles. The van der Waals surface area contributed by atoms with Gasteiger partial charge in [-0.05, 0) is 47.9 Å². The first kappa shape index (κ1) is 20.5. The van der Waals surface area contributed by atoms with Crippen LogP contribution in [0.4, 0.5) is 5.69 Å². The van der Waals surface area contributed by atoms with Crippen LogP contribution in [0.5, 0.6) is 0 Å². The highest BCUT2D eigenvalue weighted by Crippen LogP contribution is 2.29. The number of nitrogens with zero attached hydrogens (tertiary/aromatic N) is 2. The van der Waals surface area contributed by atoms with Crippen molar-refractivity contribution in [1.29, 1.82) is 0 Å². The number of amides is 1. The minimum absolute atomic E-state index is 0.00845. The lowest BCUT2D eigenvalue weighted by molar-refractivity contribution is 0.0945. The number of rotatable bonds is 5. The molecule has 0 atom stereocenters. The van der Waals surface area contributed by atoms with Gasteiger partial charge in [0.05, 0.1) is 23.9 Å². The van der Waals surface area contributed by atoms with E-state index in [0.717, 1.165) is 57.0 Å². The third-order valence-electron chi connectivity index (χ3n) is 5.58. The summed E-state index contributed by atoms with van der Waals surface area (Å²) in [6, 6.07) is 11.5. The molecule has 29 heavy (non-hydrogen) atoms. The van der Waals surface area contributed by atoms with E-state index in [2.05, 4.69) is 15.1 Å². The van der Waals surface area contributed by atoms with Crippen molar-refractivity contribution in [2.75, 3.05) is 50.8 Å². The summed E-state index contributed by atoms with van der Waals surface area (Å²) in [5.74, 6) is -0.00845. The van der Waals surface area contributed by atoms with E-state index in [1.807, 2.05) is 30.3 Å².